The summed E-state index contributed by atoms with van der Waals surface area (Å²) in [5.41, 5.74) is 1.04. The Morgan fingerprint density at radius 1 is 1.19 bits per heavy atom. The molecular weight excluding hydrogens is 372 g/mol. The molecule has 0 atom stereocenters. The Morgan fingerprint density at radius 3 is 2.52 bits per heavy atom. The summed E-state index contributed by atoms with van der Waals surface area (Å²) < 4.78 is 0. The lowest BCUT2D eigenvalue weighted by molar-refractivity contribution is -0.384. The summed E-state index contributed by atoms with van der Waals surface area (Å²) >= 11 is 5.81. The van der Waals surface area contributed by atoms with E-state index >= 15 is 0 Å². The molecule has 0 saturated carbocycles. The number of urea groups is 1. The highest BCUT2D eigenvalue weighted by Gasteiger charge is 2.16. The van der Waals surface area contributed by atoms with Gasteiger partial charge in [0.25, 0.3) is 5.69 Å². The highest BCUT2D eigenvalue weighted by atomic mass is 35.5. The van der Waals surface area contributed by atoms with E-state index in [0.717, 1.165) is 5.56 Å². The van der Waals surface area contributed by atoms with Crippen molar-refractivity contribution in [3.8, 4) is 0 Å². The van der Waals surface area contributed by atoms with Crippen molar-refractivity contribution in [1.29, 1.82) is 0 Å². The van der Waals surface area contributed by atoms with E-state index in [-0.39, 0.29) is 23.8 Å². The molecule has 27 heavy (non-hydrogen) atoms. The van der Waals surface area contributed by atoms with Gasteiger partial charge in [-0.15, -0.1) is 0 Å². The average molecular weight is 391 g/mol. The van der Waals surface area contributed by atoms with E-state index in [9.17, 15) is 19.7 Å². The summed E-state index contributed by atoms with van der Waals surface area (Å²) in [6, 6.07) is 12.2. The van der Waals surface area contributed by atoms with Gasteiger partial charge in [0, 0.05) is 35.9 Å². The third-order valence-corrected chi connectivity index (χ3v) is 3.97. The predicted molar refractivity (Wildman–Crippen MR) is 103 cm³/mol. The SMILES string of the molecule is CCN(CC(=O)NCc1ccc(Cl)cc1)C(=O)Nc1cccc([N+](=O)[O-])c1. The second kappa shape index (κ2) is 9.54. The van der Waals surface area contributed by atoms with Gasteiger partial charge in [-0.2, -0.15) is 0 Å². The molecule has 0 saturated heterocycles. The zero-order chi connectivity index (χ0) is 19.8. The first-order chi connectivity index (χ1) is 12.9. The number of rotatable bonds is 7. The summed E-state index contributed by atoms with van der Waals surface area (Å²) in [6.45, 7) is 2.22. The first-order valence-electron chi connectivity index (χ1n) is 8.20. The number of carbonyl (C=O) groups excluding carboxylic acids is 2. The van der Waals surface area contributed by atoms with Crippen LogP contribution in [0.2, 0.25) is 5.02 Å². The Morgan fingerprint density at radius 2 is 1.89 bits per heavy atom. The third-order valence-electron chi connectivity index (χ3n) is 3.71. The Kier molecular flexibility index (Phi) is 7.13. The number of hydrogen-bond acceptors (Lipinski definition) is 4. The molecule has 0 spiro atoms. The Hall–Kier alpha value is -3.13. The maximum Gasteiger partial charge on any atom is 0.322 e. The monoisotopic (exact) mass is 390 g/mol. The Labute approximate surface area is 161 Å². The number of nitrogens with zero attached hydrogens (tertiary/aromatic N) is 2. The molecule has 2 N–H and O–H groups in total. The van der Waals surface area contributed by atoms with Gasteiger partial charge in [-0.05, 0) is 30.7 Å². The van der Waals surface area contributed by atoms with Gasteiger partial charge in [0.1, 0.15) is 6.54 Å². The molecule has 0 fully saturated rings. The van der Waals surface area contributed by atoms with Gasteiger partial charge < -0.3 is 15.5 Å². The molecule has 0 aliphatic carbocycles. The Balaban J connectivity index is 1.90. The number of nitro groups is 1. The Bertz CT molecular complexity index is 826. The fourth-order valence-electron chi connectivity index (χ4n) is 2.26. The summed E-state index contributed by atoms with van der Waals surface area (Å²) in [5.74, 6) is -0.319. The quantitative estimate of drug-likeness (QED) is 0.558. The van der Waals surface area contributed by atoms with Crippen LogP contribution in [0.3, 0.4) is 0 Å². The lowest BCUT2D eigenvalue weighted by atomic mass is 10.2. The van der Waals surface area contributed by atoms with Gasteiger partial charge in [0.2, 0.25) is 5.91 Å². The maximum atomic E-state index is 12.3. The normalized spacial score (nSPS) is 10.1. The van der Waals surface area contributed by atoms with E-state index in [2.05, 4.69) is 10.6 Å². The van der Waals surface area contributed by atoms with Crippen LogP contribution in [-0.2, 0) is 11.3 Å². The maximum absolute atomic E-state index is 12.3. The van der Waals surface area contributed by atoms with Gasteiger partial charge in [-0.25, -0.2) is 4.79 Å². The largest absolute Gasteiger partial charge is 0.350 e. The van der Waals surface area contributed by atoms with Crippen LogP contribution in [0.5, 0.6) is 0 Å². The van der Waals surface area contributed by atoms with Crippen molar-refractivity contribution in [2.45, 2.75) is 13.5 Å². The average Bonchev–Trinajstić information content (AvgIpc) is 2.65. The van der Waals surface area contributed by atoms with Crippen LogP contribution < -0.4 is 10.6 Å². The summed E-state index contributed by atoms with van der Waals surface area (Å²) in [4.78, 5) is 36.0. The number of nitrogens with one attached hydrogen (secondary N) is 2. The molecule has 2 rings (SSSR count). The van der Waals surface area contributed by atoms with Crippen molar-refractivity contribution in [2.75, 3.05) is 18.4 Å². The molecule has 2 aromatic carbocycles. The summed E-state index contributed by atoms with van der Waals surface area (Å²) in [6.07, 6.45) is 0. The number of likely N-dealkylation sites (N-methyl/N-ethyl adjacent to an activating group) is 1. The van der Waals surface area contributed by atoms with Crippen molar-refractivity contribution < 1.29 is 14.5 Å². The van der Waals surface area contributed by atoms with Crippen LogP contribution in [0, 0.1) is 10.1 Å². The van der Waals surface area contributed by atoms with E-state index in [4.69, 9.17) is 11.6 Å². The second-order valence-corrected chi connectivity index (χ2v) is 6.09. The van der Waals surface area contributed by atoms with Gasteiger partial charge >= 0.3 is 6.03 Å². The van der Waals surface area contributed by atoms with Gasteiger partial charge in [-0.3, -0.25) is 14.9 Å². The van der Waals surface area contributed by atoms with Crippen molar-refractivity contribution in [3.05, 3.63) is 69.2 Å². The van der Waals surface area contributed by atoms with E-state index in [1.54, 1.807) is 37.3 Å². The van der Waals surface area contributed by atoms with Crippen LogP contribution in [0.4, 0.5) is 16.2 Å². The zero-order valence-electron chi connectivity index (χ0n) is 14.6. The number of hydrogen-bond donors (Lipinski definition) is 2. The molecule has 8 nitrogen and oxygen atoms in total. The fourth-order valence-corrected chi connectivity index (χ4v) is 2.39. The molecule has 0 bridgehead atoms. The molecule has 142 valence electrons. The number of anilines is 1. The topological polar surface area (TPSA) is 105 Å². The number of non-ortho nitro benzene ring substituents is 1. The summed E-state index contributed by atoms with van der Waals surface area (Å²) in [5, 5.41) is 16.7. The lowest BCUT2D eigenvalue weighted by Gasteiger charge is -2.21. The van der Waals surface area contributed by atoms with Gasteiger partial charge in [0.15, 0.2) is 0 Å². The molecule has 0 radical (unpaired) electrons. The molecule has 0 heterocycles. The first kappa shape index (κ1) is 20.2. The summed E-state index contributed by atoms with van der Waals surface area (Å²) in [7, 11) is 0. The van der Waals surface area contributed by atoms with Gasteiger partial charge in [0.05, 0.1) is 4.92 Å². The molecule has 0 aliphatic heterocycles. The highest BCUT2D eigenvalue weighted by molar-refractivity contribution is 6.30. The highest BCUT2D eigenvalue weighted by Crippen LogP contribution is 2.17. The smallest absolute Gasteiger partial charge is 0.322 e. The zero-order valence-corrected chi connectivity index (χ0v) is 15.4. The standard InChI is InChI=1S/C18H19ClN4O4/c1-2-22(12-17(24)20-11-13-6-8-14(19)9-7-13)18(25)21-15-4-3-5-16(10-15)23(26)27/h3-10H,2,11-12H2,1H3,(H,20,24)(H,21,25). The minimum absolute atomic E-state index is 0.128. The number of nitro benzene ring substituents is 1. The van der Waals surface area contributed by atoms with Crippen molar-refractivity contribution >= 4 is 34.9 Å². The number of halogens is 1. The molecular formula is C18H19ClN4O4. The van der Waals surface area contributed by atoms with E-state index in [1.807, 2.05) is 0 Å². The molecule has 9 heteroatoms. The van der Waals surface area contributed by atoms with Crippen molar-refractivity contribution in [2.24, 2.45) is 0 Å². The third kappa shape index (κ3) is 6.27. The molecule has 0 aliphatic rings. The molecule has 3 amide bonds. The number of amides is 3. The van der Waals surface area contributed by atoms with Crippen LogP contribution in [0.25, 0.3) is 0 Å². The number of carbonyl (C=O) groups is 2. The van der Waals surface area contributed by atoms with E-state index in [0.29, 0.717) is 18.1 Å². The first-order valence-corrected chi connectivity index (χ1v) is 8.58. The van der Waals surface area contributed by atoms with E-state index < -0.39 is 11.0 Å². The van der Waals surface area contributed by atoms with Crippen LogP contribution in [-0.4, -0.2) is 34.9 Å². The van der Waals surface area contributed by atoms with Gasteiger partial charge in [-0.1, -0.05) is 29.8 Å². The minimum Gasteiger partial charge on any atom is -0.350 e. The minimum atomic E-state index is -0.544. The lowest BCUT2D eigenvalue weighted by Crippen LogP contribution is -2.42. The van der Waals surface area contributed by atoms with Crippen molar-refractivity contribution in [1.82, 2.24) is 10.2 Å². The van der Waals surface area contributed by atoms with Crippen LogP contribution in [0.1, 0.15) is 12.5 Å². The van der Waals surface area contributed by atoms with Crippen LogP contribution in [0.15, 0.2) is 48.5 Å². The fraction of sp³-hybridized carbons (Fsp3) is 0.222. The molecule has 0 unspecified atom stereocenters. The predicted octanol–water partition coefficient (Wildman–Crippen LogP) is 3.42. The van der Waals surface area contributed by atoms with Crippen LogP contribution >= 0.6 is 11.6 Å². The second-order valence-electron chi connectivity index (χ2n) is 5.65. The molecule has 2 aromatic rings. The number of benzene rings is 2. The van der Waals surface area contributed by atoms with E-state index in [1.165, 1.54) is 23.1 Å². The van der Waals surface area contributed by atoms with Crippen molar-refractivity contribution in [3.63, 3.8) is 0 Å². The molecule has 0 aromatic heterocycles.